The standard InChI is InChI=1S/C26H29Cl2N3O2/c1-17(23(29)18-12-14-31(15-13-18)25(32)33-26(2,3)4)24(30-20-8-6-5-7-9-20)21-11-10-19(27)16-22(21)28/h5-12,16H,13-15,29H2,1-4H3/b23-17-,30-24?. The summed E-state index contributed by atoms with van der Waals surface area (Å²) in [5.41, 5.74) is 10.7. The number of amides is 1. The van der Waals surface area contributed by atoms with Gasteiger partial charge in [0.15, 0.2) is 0 Å². The molecule has 0 aromatic heterocycles. The lowest BCUT2D eigenvalue weighted by atomic mass is 9.96. The van der Waals surface area contributed by atoms with Crippen LogP contribution in [-0.4, -0.2) is 35.4 Å². The summed E-state index contributed by atoms with van der Waals surface area (Å²) in [5, 5.41) is 1.05. The molecule has 7 heteroatoms. The predicted octanol–water partition coefficient (Wildman–Crippen LogP) is 6.91. The Kier molecular flexibility index (Phi) is 7.88. The van der Waals surface area contributed by atoms with Crippen molar-refractivity contribution in [2.75, 3.05) is 13.1 Å². The van der Waals surface area contributed by atoms with Crippen molar-refractivity contribution in [3.8, 4) is 0 Å². The zero-order valence-electron chi connectivity index (χ0n) is 19.4. The normalized spacial score (nSPS) is 15.6. The van der Waals surface area contributed by atoms with Crippen LogP contribution in [0.2, 0.25) is 10.0 Å². The molecule has 3 rings (SSSR count). The van der Waals surface area contributed by atoms with Gasteiger partial charge in [-0.3, -0.25) is 0 Å². The molecule has 1 heterocycles. The van der Waals surface area contributed by atoms with Gasteiger partial charge in [0.25, 0.3) is 0 Å². The summed E-state index contributed by atoms with van der Waals surface area (Å²) in [6, 6.07) is 15.0. The molecule has 5 nitrogen and oxygen atoms in total. The van der Waals surface area contributed by atoms with Gasteiger partial charge < -0.3 is 15.4 Å². The highest BCUT2D eigenvalue weighted by molar-refractivity contribution is 6.38. The minimum Gasteiger partial charge on any atom is -0.444 e. The summed E-state index contributed by atoms with van der Waals surface area (Å²) in [7, 11) is 0. The molecule has 1 aliphatic rings. The molecule has 33 heavy (non-hydrogen) atoms. The molecule has 2 aromatic rings. The first kappa shape index (κ1) is 24.9. The minimum atomic E-state index is -0.531. The summed E-state index contributed by atoms with van der Waals surface area (Å²) >= 11 is 12.6. The number of nitrogens with zero attached hydrogens (tertiary/aromatic N) is 2. The van der Waals surface area contributed by atoms with Crippen LogP contribution in [0, 0.1) is 0 Å². The van der Waals surface area contributed by atoms with E-state index in [1.54, 1.807) is 17.0 Å². The Morgan fingerprint density at radius 3 is 2.39 bits per heavy atom. The van der Waals surface area contributed by atoms with Crippen LogP contribution >= 0.6 is 23.2 Å². The number of carbonyl (C=O) groups excluding carboxylic acids is 1. The Balaban J connectivity index is 1.95. The van der Waals surface area contributed by atoms with Crippen molar-refractivity contribution in [1.82, 2.24) is 4.90 Å². The van der Waals surface area contributed by atoms with Crippen LogP contribution in [-0.2, 0) is 4.74 Å². The molecular weight excluding hydrogens is 457 g/mol. The number of carbonyl (C=O) groups is 1. The molecule has 0 radical (unpaired) electrons. The third kappa shape index (κ3) is 6.62. The van der Waals surface area contributed by atoms with Crippen molar-refractivity contribution in [3.63, 3.8) is 0 Å². The number of para-hydroxylation sites is 1. The number of hydrogen-bond donors (Lipinski definition) is 1. The van der Waals surface area contributed by atoms with E-state index in [1.807, 2.05) is 70.2 Å². The molecule has 2 N–H and O–H groups in total. The van der Waals surface area contributed by atoms with Crippen LogP contribution in [0.25, 0.3) is 0 Å². The van der Waals surface area contributed by atoms with E-state index in [2.05, 4.69) is 0 Å². The van der Waals surface area contributed by atoms with Crippen LogP contribution in [0.4, 0.5) is 10.5 Å². The highest BCUT2D eigenvalue weighted by Crippen LogP contribution is 2.28. The van der Waals surface area contributed by atoms with E-state index in [0.29, 0.717) is 41.0 Å². The third-order valence-electron chi connectivity index (χ3n) is 5.15. The number of aliphatic imine (C=N–C) groups is 1. The Morgan fingerprint density at radius 1 is 1.12 bits per heavy atom. The molecule has 0 fully saturated rings. The van der Waals surface area contributed by atoms with E-state index in [4.69, 9.17) is 38.7 Å². The van der Waals surface area contributed by atoms with Gasteiger partial charge in [-0.1, -0.05) is 47.5 Å². The van der Waals surface area contributed by atoms with Crippen molar-refractivity contribution in [2.45, 2.75) is 39.7 Å². The van der Waals surface area contributed by atoms with Crippen LogP contribution in [0.15, 0.2) is 76.4 Å². The summed E-state index contributed by atoms with van der Waals surface area (Å²) in [6.45, 7) is 8.47. The maximum atomic E-state index is 12.4. The topological polar surface area (TPSA) is 67.9 Å². The Labute approximate surface area is 205 Å². The van der Waals surface area contributed by atoms with E-state index >= 15 is 0 Å². The van der Waals surface area contributed by atoms with Crippen LogP contribution in [0.5, 0.6) is 0 Å². The summed E-state index contributed by atoms with van der Waals surface area (Å²) in [4.78, 5) is 18.9. The van der Waals surface area contributed by atoms with Gasteiger partial charge in [0, 0.05) is 29.4 Å². The van der Waals surface area contributed by atoms with Gasteiger partial charge in [0.2, 0.25) is 0 Å². The molecule has 1 aliphatic heterocycles. The van der Waals surface area contributed by atoms with Gasteiger partial charge in [-0.05, 0) is 75.6 Å². The Hall–Kier alpha value is -2.76. The van der Waals surface area contributed by atoms with Gasteiger partial charge in [0.1, 0.15) is 5.60 Å². The summed E-state index contributed by atoms with van der Waals surface area (Å²) in [5.74, 6) is 0. The number of ether oxygens (including phenoxy) is 1. The number of nitrogens with two attached hydrogens (primary N) is 1. The zero-order valence-corrected chi connectivity index (χ0v) is 20.9. The fourth-order valence-corrected chi connectivity index (χ4v) is 3.93. The van der Waals surface area contributed by atoms with E-state index in [1.165, 1.54) is 0 Å². The molecule has 0 spiro atoms. The molecular formula is C26H29Cl2N3O2. The maximum Gasteiger partial charge on any atom is 0.410 e. The van der Waals surface area contributed by atoms with E-state index in [0.717, 1.165) is 22.4 Å². The number of rotatable bonds is 4. The van der Waals surface area contributed by atoms with Crippen molar-refractivity contribution in [2.24, 2.45) is 10.7 Å². The first-order chi connectivity index (χ1) is 15.5. The van der Waals surface area contributed by atoms with Gasteiger partial charge in [-0.25, -0.2) is 9.79 Å². The number of benzene rings is 2. The van der Waals surface area contributed by atoms with Crippen molar-refractivity contribution in [1.29, 1.82) is 0 Å². The van der Waals surface area contributed by atoms with E-state index in [9.17, 15) is 4.79 Å². The zero-order chi connectivity index (χ0) is 24.2. The largest absolute Gasteiger partial charge is 0.444 e. The maximum absolute atomic E-state index is 12.4. The molecule has 2 aromatic carbocycles. The Bertz CT molecular complexity index is 1120. The lowest BCUT2D eigenvalue weighted by Gasteiger charge is -2.30. The second kappa shape index (κ2) is 10.4. The molecule has 0 aliphatic carbocycles. The van der Waals surface area contributed by atoms with E-state index in [-0.39, 0.29) is 6.09 Å². The SMILES string of the molecule is C/C(C(=Nc1ccccc1)c1ccc(Cl)cc1Cl)=C(/N)C1=CCN(C(=O)OC(C)(C)C)CC1. The lowest BCUT2D eigenvalue weighted by molar-refractivity contribution is 0.0266. The molecule has 0 saturated carbocycles. The fourth-order valence-electron chi connectivity index (χ4n) is 3.43. The van der Waals surface area contributed by atoms with Crippen LogP contribution < -0.4 is 5.73 Å². The van der Waals surface area contributed by atoms with Gasteiger partial charge in [0.05, 0.1) is 16.4 Å². The second-order valence-electron chi connectivity index (χ2n) is 8.86. The highest BCUT2D eigenvalue weighted by Gasteiger charge is 2.25. The van der Waals surface area contributed by atoms with Crippen LogP contribution in [0.1, 0.15) is 39.7 Å². The number of hydrogen-bond acceptors (Lipinski definition) is 4. The van der Waals surface area contributed by atoms with Gasteiger partial charge in [-0.2, -0.15) is 0 Å². The number of allylic oxidation sites excluding steroid dienone is 2. The van der Waals surface area contributed by atoms with Crippen LogP contribution in [0.3, 0.4) is 0 Å². The molecule has 1 amide bonds. The fraction of sp³-hybridized carbons (Fsp3) is 0.308. The molecule has 0 bridgehead atoms. The molecule has 0 atom stereocenters. The van der Waals surface area contributed by atoms with Crippen molar-refractivity contribution < 1.29 is 9.53 Å². The quantitative estimate of drug-likeness (QED) is 0.478. The second-order valence-corrected chi connectivity index (χ2v) is 9.71. The predicted molar refractivity (Wildman–Crippen MR) is 136 cm³/mol. The molecule has 174 valence electrons. The van der Waals surface area contributed by atoms with Crippen molar-refractivity contribution >= 4 is 40.7 Å². The minimum absolute atomic E-state index is 0.323. The first-order valence-electron chi connectivity index (χ1n) is 10.8. The van der Waals surface area contributed by atoms with E-state index < -0.39 is 5.60 Å². The highest BCUT2D eigenvalue weighted by atomic mass is 35.5. The molecule has 0 saturated heterocycles. The summed E-state index contributed by atoms with van der Waals surface area (Å²) < 4.78 is 5.48. The molecule has 0 unspecified atom stereocenters. The lowest BCUT2D eigenvalue weighted by Crippen LogP contribution is -2.39. The monoisotopic (exact) mass is 485 g/mol. The van der Waals surface area contributed by atoms with Gasteiger partial charge in [-0.15, -0.1) is 0 Å². The average molecular weight is 486 g/mol. The number of halogens is 2. The van der Waals surface area contributed by atoms with Crippen molar-refractivity contribution in [3.05, 3.63) is 87.1 Å². The third-order valence-corrected chi connectivity index (χ3v) is 5.70. The first-order valence-corrected chi connectivity index (χ1v) is 11.5. The summed E-state index contributed by atoms with van der Waals surface area (Å²) in [6.07, 6.45) is 2.27. The smallest absolute Gasteiger partial charge is 0.410 e. The van der Waals surface area contributed by atoms with Gasteiger partial charge >= 0.3 is 6.09 Å². The average Bonchev–Trinajstić information content (AvgIpc) is 2.76. The Morgan fingerprint density at radius 2 is 1.82 bits per heavy atom.